The Morgan fingerprint density at radius 2 is 1.91 bits per heavy atom. The first kappa shape index (κ1) is 16.0. The van der Waals surface area contributed by atoms with Gasteiger partial charge in [-0.05, 0) is 50.6 Å². The molecular formula is C18H21NO3S. The molecule has 0 unspecified atom stereocenters. The Labute approximate surface area is 140 Å². The van der Waals surface area contributed by atoms with Crippen LogP contribution in [-0.2, 0) is 9.53 Å². The minimum Gasteiger partial charge on any atom is -0.451 e. The first-order valence-electron chi connectivity index (χ1n) is 8.03. The van der Waals surface area contributed by atoms with Crippen LogP contribution >= 0.6 is 11.3 Å². The number of rotatable bonds is 3. The number of carbonyl (C=O) groups is 2. The first-order chi connectivity index (χ1) is 11.1. The maximum Gasteiger partial charge on any atom is 0.348 e. The van der Waals surface area contributed by atoms with Crippen molar-refractivity contribution in [1.82, 2.24) is 4.90 Å². The average molecular weight is 331 g/mol. The quantitative estimate of drug-likeness (QED) is 0.803. The van der Waals surface area contributed by atoms with E-state index in [0.717, 1.165) is 29.3 Å². The second kappa shape index (κ2) is 6.71. The van der Waals surface area contributed by atoms with E-state index < -0.39 is 5.97 Å². The highest BCUT2D eigenvalue weighted by Crippen LogP contribution is 2.26. The number of likely N-dealkylation sites (tertiary alicyclic amines) is 1. The van der Waals surface area contributed by atoms with E-state index in [0.29, 0.717) is 4.88 Å². The lowest BCUT2D eigenvalue weighted by Crippen LogP contribution is -2.49. The van der Waals surface area contributed by atoms with Gasteiger partial charge in [-0.2, -0.15) is 0 Å². The van der Waals surface area contributed by atoms with Gasteiger partial charge in [0.2, 0.25) is 0 Å². The second-order valence-electron chi connectivity index (χ2n) is 6.15. The highest BCUT2D eigenvalue weighted by Gasteiger charge is 2.29. The monoisotopic (exact) mass is 331 g/mol. The van der Waals surface area contributed by atoms with Crippen molar-refractivity contribution in [2.75, 3.05) is 6.61 Å². The van der Waals surface area contributed by atoms with Gasteiger partial charge in [0, 0.05) is 16.8 Å². The molecular weight excluding hydrogens is 310 g/mol. The van der Waals surface area contributed by atoms with Crippen LogP contribution in [0.2, 0.25) is 0 Å². The third-order valence-electron chi connectivity index (χ3n) is 4.43. The molecule has 3 rings (SSSR count). The molecule has 2 heterocycles. The third kappa shape index (κ3) is 3.39. The number of benzene rings is 1. The normalized spacial score (nSPS) is 21.4. The molecule has 5 heteroatoms. The van der Waals surface area contributed by atoms with Gasteiger partial charge in [-0.15, -0.1) is 11.3 Å². The second-order valence-corrected chi connectivity index (χ2v) is 7.24. The summed E-state index contributed by atoms with van der Waals surface area (Å²) in [6.07, 6.45) is 3.17. The van der Waals surface area contributed by atoms with Crippen molar-refractivity contribution in [3.8, 4) is 0 Å². The molecule has 0 saturated carbocycles. The minimum atomic E-state index is -0.420. The maximum atomic E-state index is 12.4. The van der Waals surface area contributed by atoms with Crippen molar-refractivity contribution in [1.29, 1.82) is 0 Å². The predicted molar refractivity (Wildman–Crippen MR) is 91.7 cm³/mol. The number of hydrogen-bond donors (Lipinski definition) is 0. The maximum absolute atomic E-state index is 12.4. The summed E-state index contributed by atoms with van der Waals surface area (Å²) < 4.78 is 6.30. The fourth-order valence-corrected chi connectivity index (χ4v) is 4.22. The number of piperidine rings is 1. The summed E-state index contributed by atoms with van der Waals surface area (Å²) in [6, 6.07) is 10.1. The van der Waals surface area contributed by atoms with Crippen LogP contribution in [0, 0.1) is 0 Å². The lowest BCUT2D eigenvalue weighted by Gasteiger charge is -2.38. The van der Waals surface area contributed by atoms with Gasteiger partial charge >= 0.3 is 5.97 Å². The topological polar surface area (TPSA) is 46.6 Å². The van der Waals surface area contributed by atoms with Crippen molar-refractivity contribution in [3.63, 3.8) is 0 Å². The number of fused-ring (bicyclic) bond motifs is 1. The first-order valence-corrected chi connectivity index (χ1v) is 8.85. The molecule has 1 aliphatic rings. The van der Waals surface area contributed by atoms with Gasteiger partial charge in [0.1, 0.15) is 4.88 Å². The van der Waals surface area contributed by atoms with Gasteiger partial charge in [-0.1, -0.05) is 18.2 Å². The van der Waals surface area contributed by atoms with Gasteiger partial charge < -0.3 is 9.64 Å². The van der Waals surface area contributed by atoms with Crippen molar-refractivity contribution in [3.05, 3.63) is 35.2 Å². The smallest absolute Gasteiger partial charge is 0.348 e. The van der Waals surface area contributed by atoms with Gasteiger partial charge in [0.15, 0.2) is 6.61 Å². The summed E-state index contributed by atoms with van der Waals surface area (Å²) in [5.41, 5.74) is 0. The van der Waals surface area contributed by atoms with Crippen molar-refractivity contribution < 1.29 is 14.3 Å². The van der Waals surface area contributed by atoms with Crippen LogP contribution in [0.4, 0.5) is 0 Å². The van der Waals surface area contributed by atoms with E-state index in [4.69, 9.17) is 4.74 Å². The zero-order chi connectivity index (χ0) is 16.4. The zero-order valence-electron chi connectivity index (χ0n) is 13.5. The number of carbonyl (C=O) groups excluding carboxylic acids is 2. The van der Waals surface area contributed by atoms with E-state index in [9.17, 15) is 9.59 Å². The van der Waals surface area contributed by atoms with E-state index in [2.05, 4.69) is 13.8 Å². The fourth-order valence-electron chi connectivity index (χ4n) is 3.27. The fraction of sp³-hybridized carbons (Fsp3) is 0.444. The van der Waals surface area contributed by atoms with Gasteiger partial charge in [0.05, 0.1) is 0 Å². The van der Waals surface area contributed by atoms with Crippen LogP contribution in [-0.4, -0.2) is 35.5 Å². The molecule has 1 amide bonds. The van der Waals surface area contributed by atoms with Crippen LogP contribution in [0.15, 0.2) is 30.3 Å². The number of ether oxygens (including phenoxy) is 1. The number of nitrogens with zero attached hydrogens (tertiary/aromatic N) is 1. The van der Waals surface area contributed by atoms with Gasteiger partial charge in [-0.25, -0.2) is 4.79 Å². The van der Waals surface area contributed by atoms with E-state index in [1.165, 1.54) is 11.3 Å². The van der Waals surface area contributed by atoms with E-state index >= 15 is 0 Å². The summed E-state index contributed by atoms with van der Waals surface area (Å²) >= 11 is 1.39. The summed E-state index contributed by atoms with van der Waals surface area (Å²) in [4.78, 5) is 27.0. The van der Waals surface area contributed by atoms with Crippen molar-refractivity contribution >= 4 is 33.3 Å². The van der Waals surface area contributed by atoms with Gasteiger partial charge in [-0.3, -0.25) is 4.79 Å². The van der Waals surface area contributed by atoms with Crippen LogP contribution < -0.4 is 0 Å². The molecule has 0 N–H and O–H groups in total. The average Bonchev–Trinajstić information content (AvgIpc) is 2.96. The molecule has 1 aromatic heterocycles. The Morgan fingerprint density at radius 3 is 2.61 bits per heavy atom. The van der Waals surface area contributed by atoms with Crippen LogP contribution in [0.1, 0.15) is 42.8 Å². The lowest BCUT2D eigenvalue weighted by atomic mass is 9.97. The summed E-state index contributed by atoms with van der Waals surface area (Å²) in [6.45, 7) is 3.94. The van der Waals surface area contributed by atoms with Crippen molar-refractivity contribution in [2.24, 2.45) is 0 Å². The molecule has 1 aliphatic heterocycles. The third-order valence-corrected chi connectivity index (χ3v) is 5.53. The Morgan fingerprint density at radius 1 is 1.22 bits per heavy atom. The molecule has 1 saturated heterocycles. The molecule has 4 nitrogen and oxygen atoms in total. The Bertz CT molecular complexity index is 681. The highest BCUT2D eigenvalue weighted by molar-refractivity contribution is 7.20. The van der Waals surface area contributed by atoms with Crippen LogP contribution in [0.25, 0.3) is 10.1 Å². The number of hydrogen-bond acceptors (Lipinski definition) is 4. The largest absolute Gasteiger partial charge is 0.451 e. The molecule has 2 aromatic rings. The Balaban J connectivity index is 1.63. The Hall–Kier alpha value is -1.88. The number of thiophene rings is 1. The van der Waals surface area contributed by atoms with E-state index in [1.54, 1.807) is 0 Å². The van der Waals surface area contributed by atoms with Crippen LogP contribution in [0.3, 0.4) is 0 Å². The molecule has 0 radical (unpaired) electrons. The lowest BCUT2D eigenvalue weighted by molar-refractivity contribution is -0.140. The highest BCUT2D eigenvalue weighted by atomic mass is 32.1. The Kier molecular flexibility index (Phi) is 4.66. The van der Waals surface area contributed by atoms with E-state index in [1.807, 2.05) is 35.2 Å². The summed E-state index contributed by atoms with van der Waals surface area (Å²) in [5, 5.41) is 1.02. The van der Waals surface area contributed by atoms with E-state index in [-0.39, 0.29) is 24.6 Å². The van der Waals surface area contributed by atoms with Crippen molar-refractivity contribution in [2.45, 2.75) is 45.2 Å². The predicted octanol–water partition coefficient (Wildman–Crippen LogP) is 3.85. The number of esters is 1. The molecule has 0 bridgehead atoms. The molecule has 0 spiro atoms. The molecule has 1 aromatic carbocycles. The zero-order valence-corrected chi connectivity index (χ0v) is 14.3. The SMILES string of the molecule is C[C@@H]1CCC[C@H](C)N1C(=O)COC(=O)c1cc2ccccc2s1. The summed E-state index contributed by atoms with van der Waals surface area (Å²) in [7, 11) is 0. The minimum absolute atomic E-state index is 0.0980. The summed E-state index contributed by atoms with van der Waals surface area (Å²) in [5.74, 6) is -0.518. The molecule has 2 atom stereocenters. The molecule has 23 heavy (non-hydrogen) atoms. The molecule has 0 aliphatic carbocycles. The molecule has 122 valence electrons. The van der Waals surface area contributed by atoms with Crippen LogP contribution in [0.5, 0.6) is 0 Å². The number of amides is 1. The molecule has 1 fully saturated rings. The standard InChI is InChI=1S/C18H21NO3S/c1-12-6-5-7-13(2)19(12)17(20)11-22-18(21)16-10-14-8-3-4-9-15(14)23-16/h3-4,8-10,12-13H,5-7,11H2,1-2H3/t12-,13+. The van der Waals surface area contributed by atoms with Gasteiger partial charge in [0.25, 0.3) is 5.91 Å².